The summed E-state index contributed by atoms with van der Waals surface area (Å²) in [6.45, 7) is 7.97. The molecule has 0 bridgehead atoms. The molecule has 2 aromatic carbocycles. The summed E-state index contributed by atoms with van der Waals surface area (Å²) in [5.41, 5.74) is 4.56. The molecule has 0 amide bonds. The summed E-state index contributed by atoms with van der Waals surface area (Å²) in [5.74, 6) is -0.378. The predicted octanol–water partition coefficient (Wildman–Crippen LogP) is 5.73. The van der Waals surface area contributed by atoms with Crippen molar-refractivity contribution in [3.8, 4) is 22.5 Å². The van der Waals surface area contributed by atoms with Crippen molar-refractivity contribution < 1.29 is 27.6 Å². The van der Waals surface area contributed by atoms with E-state index < -0.39 is 14.8 Å². The molecule has 2 aromatic rings. The summed E-state index contributed by atoms with van der Waals surface area (Å²) in [5, 5.41) is 18.9. The maximum Gasteiger partial charge on any atom is 0.500 e. The number of rotatable bonds is 14. The van der Waals surface area contributed by atoms with E-state index in [0.29, 0.717) is 60.1 Å². The van der Waals surface area contributed by atoms with Crippen LogP contribution in [-0.4, -0.2) is 79.5 Å². The molecule has 3 N–H and O–H groups in total. The molecule has 246 valence electrons. The van der Waals surface area contributed by atoms with Gasteiger partial charge in [0.2, 0.25) is 5.36 Å². The Kier molecular flexibility index (Phi) is 11.9. The van der Waals surface area contributed by atoms with Crippen molar-refractivity contribution in [1.29, 1.82) is 0 Å². The van der Waals surface area contributed by atoms with Crippen LogP contribution in [0.1, 0.15) is 37.6 Å². The van der Waals surface area contributed by atoms with Gasteiger partial charge in [0.1, 0.15) is 25.4 Å². The molecule has 1 aliphatic carbocycles. The van der Waals surface area contributed by atoms with Gasteiger partial charge in [-0.3, -0.25) is 0 Å². The van der Waals surface area contributed by atoms with E-state index in [4.69, 9.17) is 29.9 Å². The average molecular weight is 666 g/mol. The number of benzene rings is 3. The van der Waals surface area contributed by atoms with Crippen molar-refractivity contribution in [1.82, 2.24) is 9.89 Å². The van der Waals surface area contributed by atoms with Gasteiger partial charge in [0.25, 0.3) is 0 Å². The second-order valence-corrected chi connectivity index (χ2v) is 14.3. The smallest absolute Gasteiger partial charge is 0.478 e. The van der Waals surface area contributed by atoms with Crippen molar-refractivity contribution >= 4 is 54.4 Å². The summed E-state index contributed by atoms with van der Waals surface area (Å²) in [4.78, 5) is 14.7. The number of carboxylic acids is 1. The van der Waals surface area contributed by atoms with Crippen molar-refractivity contribution in [2.75, 3.05) is 64.8 Å². The Labute approximate surface area is 277 Å². The molecule has 1 aliphatic heterocycles. The van der Waals surface area contributed by atoms with E-state index in [0.717, 1.165) is 34.0 Å². The quantitative estimate of drug-likeness (QED) is 0.0509. The molecule has 10 nitrogen and oxygen atoms in total. The average Bonchev–Trinajstić information content (AvgIpc) is 3.01. The minimum Gasteiger partial charge on any atom is -0.478 e. The second-order valence-electron chi connectivity index (χ2n) is 11.2. The number of fused-ring (bicyclic) bond motifs is 2. The molecule has 1 heterocycles. The first-order valence-electron chi connectivity index (χ1n) is 15.5. The number of hydrogen-bond acceptors (Lipinski definition) is 7. The highest BCUT2D eigenvalue weighted by molar-refractivity contribution is 7.80. The van der Waals surface area contributed by atoms with Gasteiger partial charge in [0, 0.05) is 86.5 Å². The molecule has 0 fully saturated rings. The van der Waals surface area contributed by atoms with Crippen LogP contribution in [0.15, 0.2) is 59.0 Å². The highest BCUT2D eigenvalue weighted by atomic mass is 32.1. The normalized spacial score (nSPS) is 11.5. The summed E-state index contributed by atoms with van der Waals surface area (Å²) in [6, 6.07) is 17.9. The van der Waals surface area contributed by atoms with Gasteiger partial charge in [-0.05, 0) is 75.3 Å². The summed E-state index contributed by atoms with van der Waals surface area (Å²) in [6.07, 6.45) is 0.734. The third kappa shape index (κ3) is 8.12. The van der Waals surface area contributed by atoms with E-state index in [1.165, 1.54) is 0 Å². The van der Waals surface area contributed by atoms with E-state index in [1.54, 1.807) is 6.07 Å². The predicted molar refractivity (Wildman–Crippen MR) is 191 cm³/mol. The van der Waals surface area contributed by atoms with Gasteiger partial charge < -0.3 is 38.3 Å². The van der Waals surface area contributed by atoms with Crippen LogP contribution in [-0.2, 0) is 13.3 Å². The first-order valence-corrected chi connectivity index (χ1v) is 17.9. The lowest BCUT2D eigenvalue weighted by atomic mass is 9.90. The molecule has 12 heteroatoms. The SMILES string of the molecule is CCO[Si](CCCNC(=S)Nc1ccc(-c2c3ccc(=[N+](C)C)cc-3oc3cc(N(C)C)ccc23)c(C(=O)O)c1)(OCC)OCC. The number of carbonyl (C=O) groups is 1. The second kappa shape index (κ2) is 15.7. The molecule has 2 aliphatic rings. The Morgan fingerprint density at radius 2 is 1.63 bits per heavy atom. The molecular formula is C34H45N4O6SSi+. The van der Waals surface area contributed by atoms with Crippen molar-refractivity contribution in [3.05, 3.63) is 65.5 Å². The Hall–Kier alpha value is -3.81. The number of carboxylic acid groups (broad SMARTS) is 1. The van der Waals surface area contributed by atoms with E-state index in [1.807, 2.05) is 107 Å². The zero-order valence-corrected chi connectivity index (χ0v) is 29.5. The Morgan fingerprint density at radius 1 is 0.957 bits per heavy atom. The highest BCUT2D eigenvalue weighted by Crippen LogP contribution is 2.42. The maximum atomic E-state index is 12.7. The van der Waals surface area contributed by atoms with Crippen LogP contribution in [0.25, 0.3) is 33.4 Å². The lowest BCUT2D eigenvalue weighted by Crippen LogP contribution is -2.46. The van der Waals surface area contributed by atoms with Crippen LogP contribution in [0.4, 0.5) is 11.4 Å². The molecular weight excluding hydrogens is 621 g/mol. The number of nitrogens with one attached hydrogen (secondary N) is 2. The Bertz CT molecular complexity index is 1720. The number of thiocarbonyl (C=S) groups is 1. The van der Waals surface area contributed by atoms with Crippen molar-refractivity contribution in [2.45, 2.75) is 33.2 Å². The van der Waals surface area contributed by atoms with E-state index in [2.05, 4.69) is 10.6 Å². The van der Waals surface area contributed by atoms with Crippen LogP contribution >= 0.6 is 12.2 Å². The highest BCUT2D eigenvalue weighted by Gasteiger charge is 2.39. The molecule has 4 rings (SSSR count). The zero-order chi connectivity index (χ0) is 33.4. The van der Waals surface area contributed by atoms with E-state index in [9.17, 15) is 9.90 Å². The van der Waals surface area contributed by atoms with Crippen LogP contribution < -0.4 is 25.5 Å². The van der Waals surface area contributed by atoms with Crippen molar-refractivity contribution in [2.24, 2.45) is 0 Å². The fourth-order valence-electron chi connectivity index (χ4n) is 5.41. The topological polar surface area (TPSA) is 108 Å². The van der Waals surface area contributed by atoms with Gasteiger partial charge >= 0.3 is 14.8 Å². The first-order chi connectivity index (χ1) is 22.0. The number of nitrogens with zero attached hydrogens (tertiary/aromatic N) is 2. The van der Waals surface area contributed by atoms with E-state index >= 15 is 0 Å². The number of aromatic carboxylic acids is 1. The summed E-state index contributed by atoms with van der Waals surface area (Å²) in [7, 11) is 5.14. The first kappa shape index (κ1) is 35.0. The molecule has 0 saturated heterocycles. The molecule has 0 saturated carbocycles. The molecule has 0 atom stereocenters. The molecule has 0 radical (unpaired) electrons. The summed E-state index contributed by atoms with van der Waals surface area (Å²) < 4.78 is 26.2. The molecule has 0 aromatic heterocycles. The number of anilines is 2. The van der Waals surface area contributed by atoms with Crippen LogP contribution in [0.2, 0.25) is 6.04 Å². The summed E-state index contributed by atoms with van der Waals surface area (Å²) >= 11 is 5.55. The third-order valence-corrected chi connectivity index (χ3v) is 10.9. The lowest BCUT2D eigenvalue weighted by Gasteiger charge is -2.28. The lowest BCUT2D eigenvalue weighted by molar-refractivity contribution is 0.0692. The fourth-order valence-corrected chi connectivity index (χ4v) is 8.25. The standard InChI is InChI=1S/C34H44N4O6SSi/c1-8-41-46(42-9-2,43-10-3)19-11-18-35-34(45)36-23-12-15-26(29(20-23)33(39)40)32-27-16-13-24(37(4)5)21-30(27)44-31-22-25(38(6)7)14-17-28(31)32/h12-17,20-22H,8-11,18-19H2,1-7H3,(H2,35,39,40,45)/p+1. The Balaban J connectivity index is 1.64. The largest absolute Gasteiger partial charge is 0.500 e. The fraction of sp³-hybridized carbons (Fsp3) is 0.382. The van der Waals surface area contributed by atoms with Gasteiger partial charge in [0.05, 0.1) is 11.6 Å². The van der Waals surface area contributed by atoms with Gasteiger partial charge in [-0.25, -0.2) is 9.37 Å². The maximum absolute atomic E-state index is 12.7. The molecule has 46 heavy (non-hydrogen) atoms. The number of hydrogen-bond donors (Lipinski definition) is 3. The molecule has 0 spiro atoms. The monoisotopic (exact) mass is 665 g/mol. The third-order valence-electron chi connectivity index (χ3n) is 7.54. The Morgan fingerprint density at radius 3 is 2.24 bits per heavy atom. The van der Waals surface area contributed by atoms with Gasteiger partial charge in [-0.15, -0.1) is 0 Å². The van der Waals surface area contributed by atoms with Crippen LogP contribution in [0.3, 0.4) is 0 Å². The van der Waals surface area contributed by atoms with Crippen LogP contribution in [0.5, 0.6) is 0 Å². The van der Waals surface area contributed by atoms with Gasteiger partial charge in [-0.2, -0.15) is 0 Å². The minimum atomic E-state index is -2.74. The van der Waals surface area contributed by atoms with E-state index in [-0.39, 0.29) is 5.56 Å². The van der Waals surface area contributed by atoms with Gasteiger partial charge in [0.15, 0.2) is 5.11 Å². The zero-order valence-electron chi connectivity index (χ0n) is 27.7. The molecule has 0 unspecified atom stereocenters. The van der Waals surface area contributed by atoms with Crippen LogP contribution in [0, 0.1) is 0 Å². The van der Waals surface area contributed by atoms with Gasteiger partial charge in [-0.1, -0.05) is 6.07 Å². The minimum absolute atomic E-state index is 0.149. The van der Waals surface area contributed by atoms with Crippen molar-refractivity contribution in [3.63, 3.8) is 0 Å².